The van der Waals surface area contributed by atoms with Gasteiger partial charge in [0.25, 0.3) is 0 Å². The Hall–Kier alpha value is -2.42. The molecule has 3 rings (SSSR count). The van der Waals surface area contributed by atoms with Gasteiger partial charge in [-0.3, -0.25) is 0 Å². The van der Waals surface area contributed by atoms with Gasteiger partial charge in [0.1, 0.15) is 11.9 Å². The molecule has 1 atom stereocenters. The standard InChI is InChI=1S/C15H17N5O/c1-10(2)15-18-13(19-21-15)12-6-4-8-20(12)14-11(9-16)5-3-7-17-14/h3,5,7,10,12H,4,6,8H2,1-2H3. The maximum Gasteiger partial charge on any atom is 0.229 e. The number of nitrogens with zero attached hydrogens (tertiary/aromatic N) is 5. The van der Waals surface area contributed by atoms with Crippen molar-refractivity contribution in [2.75, 3.05) is 11.4 Å². The number of pyridine rings is 1. The molecule has 1 unspecified atom stereocenters. The summed E-state index contributed by atoms with van der Waals surface area (Å²) in [4.78, 5) is 11.0. The summed E-state index contributed by atoms with van der Waals surface area (Å²) in [6.45, 7) is 4.90. The van der Waals surface area contributed by atoms with E-state index >= 15 is 0 Å². The maximum absolute atomic E-state index is 9.25. The molecule has 0 N–H and O–H groups in total. The smallest absolute Gasteiger partial charge is 0.229 e. The number of anilines is 1. The number of hydrogen-bond donors (Lipinski definition) is 0. The highest BCUT2D eigenvalue weighted by Crippen LogP contribution is 2.35. The third-order valence-corrected chi connectivity index (χ3v) is 3.68. The number of nitriles is 1. The Morgan fingerprint density at radius 3 is 3.05 bits per heavy atom. The summed E-state index contributed by atoms with van der Waals surface area (Å²) < 4.78 is 5.31. The van der Waals surface area contributed by atoms with Crippen LogP contribution in [0.2, 0.25) is 0 Å². The van der Waals surface area contributed by atoms with Gasteiger partial charge in [-0.2, -0.15) is 10.2 Å². The minimum atomic E-state index is 0.0308. The summed E-state index contributed by atoms with van der Waals surface area (Å²) in [7, 11) is 0. The lowest BCUT2D eigenvalue weighted by Gasteiger charge is -2.23. The Labute approximate surface area is 123 Å². The van der Waals surface area contributed by atoms with E-state index in [2.05, 4.69) is 26.1 Å². The van der Waals surface area contributed by atoms with Gasteiger partial charge in [0.15, 0.2) is 5.82 Å². The monoisotopic (exact) mass is 283 g/mol. The molecule has 0 bridgehead atoms. The predicted octanol–water partition coefficient (Wildman–Crippen LogP) is 2.80. The summed E-state index contributed by atoms with van der Waals surface area (Å²) in [5.41, 5.74) is 0.581. The molecule has 108 valence electrons. The van der Waals surface area contributed by atoms with Crippen LogP contribution >= 0.6 is 0 Å². The first-order chi connectivity index (χ1) is 10.2. The van der Waals surface area contributed by atoms with E-state index in [-0.39, 0.29) is 12.0 Å². The van der Waals surface area contributed by atoms with Gasteiger partial charge in [0, 0.05) is 18.7 Å². The van der Waals surface area contributed by atoms with Gasteiger partial charge in [-0.25, -0.2) is 4.98 Å². The van der Waals surface area contributed by atoms with Crippen molar-refractivity contribution in [3.63, 3.8) is 0 Å². The molecule has 1 fully saturated rings. The van der Waals surface area contributed by atoms with Gasteiger partial charge < -0.3 is 9.42 Å². The van der Waals surface area contributed by atoms with Crippen LogP contribution in [0, 0.1) is 11.3 Å². The van der Waals surface area contributed by atoms with Crippen molar-refractivity contribution < 1.29 is 4.52 Å². The molecule has 1 saturated heterocycles. The Balaban J connectivity index is 1.93. The van der Waals surface area contributed by atoms with Crippen LogP contribution < -0.4 is 4.90 Å². The highest BCUT2D eigenvalue weighted by molar-refractivity contribution is 5.55. The number of aromatic nitrogens is 3. The molecule has 3 heterocycles. The van der Waals surface area contributed by atoms with Crippen molar-refractivity contribution in [1.29, 1.82) is 5.26 Å². The normalized spacial score (nSPS) is 18.2. The Morgan fingerprint density at radius 2 is 2.33 bits per heavy atom. The summed E-state index contributed by atoms with van der Waals surface area (Å²) in [5.74, 6) is 2.26. The number of hydrogen-bond acceptors (Lipinski definition) is 6. The van der Waals surface area contributed by atoms with E-state index in [0.717, 1.165) is 19.4 Å². The van der Waals surface area contributed by atoms with Crippen LogP contribution in [-0.4, -0.2) is 21.7 Å². The molecular formula is C15H17N5O. The zero-order valence-electron chi connectivity index (χ0n) is 12.2. The van der Waals surface area contributed by atoms with Crippen molar-refractivity contribution in [1.82, 2.24) is 15.1 Å². The number of rotatable bonds is 3. The molecule has 0 aliphatic carbocycles. The van der Waals surface area contributed by atoms with E-state index in [0.29, 0.717) is 23.1 Å². The van der Waals surface area contributed by atoms with Crippen LogP contribution in [-0.2, 0) is 0 Å². The molecule has 0 aromatic carbocycles. The van der Waals surface area contributed by atoms with E-state index in [1.807, 2.05) is 13.8 Å². The molecule has 0 amide bonds. The minimum absolute atomic E-state index is 0.0308. The van der Waals surface area contributed by atoms with Gasteiger partial charge >= 0.3 is 0 Å². The highest BCUT2D eigenvalue weighted by Gasteiger charge is 2.32. The second-order valence-corrected chi connectivity index (χ2v) is 5.48. The molecule has 2 aromatic heterocycles. The molecule has 2 aromatic rings. The van der Waals surface area contributed by atoms with Crippen LogP contribution in [0.25, 0.3) is 0 Å². The largest absolute Gasteiger partial charge is 0.345 e. The van der Waals surface area contributed by atoms with Crippen molar-refractivity contribution >= 4 is 5.82 Å². The van der Waals surface area contributed by atoms with E-state index in [4.69, 9.17) is 4.52 Å². The van der Waals surface area contributed by atoms with E-state index in [1.165, 1.54) is 0 Å². The fraction of sp³-hybridized carbons (Fsp3) is 0.467. The van der Waals surface area contributed by atoms with E-state index in [9.17, 15) is 5.26 Å². The minimum Gasteiger partial charge on any atom is -0.345 e. The van der Waals surface area contributed by atoms with Gasteiger partial charge in [0.2, 0.25) is 5.89 Å². The molecule has 0 radical (unpaired) electrons. The average Bonchev–Trinajstić information content (AvgIpc) is 3.15. The first-order valence-corrected chi connectivity index (χ1v) is 7.16. The lowest BCUT2D eigenvalue weighted by atomic mass is 10.2. The van der Waals surface area contributed by atoms with E-state index in [1.54, 1.807) is 18.3 Å². The van der Waals surface area contributed by atoms with Crippen molar-refractivity contribution in [2.24, 2.45) is 0 Å². The predicted molar refractivity (Wildman–Crippen MR) is 76.7 cm³/mol. The van der Waals surface area contributed by atoms with Gasteiger partial charge in [0.05, 0.1) is 11.6 Å². The molecule has 0 spiro atoms. The van der Waals surface area contributed by atoms with Crippen molar-refractivity contribution in [3.05, 3.63) is 35.6 Å². The van der Waals surface area contributed by atoms with Crippen molar-refractivity contribution in [3.8, 4) is 6.07 Å². The van der Waals surface area contributed by atoms with Crippen LogP contribution in [0.5, 0.6) is 0 Å². The van der Waals surface area contributed by atoms with Crippen LogP contribution in [0.1, 0.15) is 55.9 Å². The topological polar surface area (TPSA) is 78.8 Å². The van der Waals surface area contributed by atoms with E-state index < -0.39 is 0 Å². The Morgan fingerprint density at radius 1 is 1.48 bits per heavy atom. The summed E-state index contributed by atoms with van der Waals surface area (Å²) >= 11 is 0. The average molecular weight is 283 g/mol. The lowest BCUT2D eigenvalue weighted by Crippen LogP contribution is -2.25. The van der Waals surface area contributed by atoms with Gasteiger partial charge in [-0.05, 0) is 25.0 Å². The second-order valence-electron chi connectivity index (χ2n) is 5.48. The zero-order chi connectivity index (χ0) is 14.8. The SMILES string of the molecule is CC(C)c1nc(C2CCCN2c2ncccc2C#N)no1. The maximum atomic E-state index is 9.25. The second kappa shape index (κ2) is 5.52. The molecule has 0 saturated carbocycles. The first kappa shape index (κ1) is 13.6. The third kappa shape index (κ3) is 2.47. The van der Waals surface area contributed by atoms with Crippen LogP contribution in [0.3, 0.4) is 0 Å². The molecule has 1 aliphatic heterocycles. The Bertz CT molecular complexity index is 673. The molecule has 1 aliphatic rings. The molecular weight excluding hydrogens is 266 g/mol. The quantitative estimate of drug-likeness (QED) is 0.861. The fourth-order valence-corrected chi connectivity index (χ4v) is 2.62. The van der Waals surface area contributed by atoms with Gasteiger partial charge in [-0.1, -0.05) is 19.0 Å². The highest BCUT2D eigenvalue weighted by atomic mass is 16.5. The molecule has 6 nitrogen and oxygen atoms in total. The first-order valence-electron chi connectivity index (χ1n) is 7.16. The summed E-state index contributed by atoms with van der Waals surface area (Å²) in [5, 5.41) is 13.4. The zero-order valence-corrected chi connectivity index (χ0v) is 12.2. The Kier molecular flexibility index (Phi) is 3.57. The van der Waals surface area contributed by atoms with Crippen LogP contribution in [0.4, 0.5) is 5.82 Å². The molecule has 21 heavy (non-hydrogen) atoms. The van der Waals surface area contributed by atoms with Gasteiger partial charge in [-0.15, -0.1) is 0 Å². The van der Waals surface area contributed by atoms with Crippen molar-refractivity contribution in [2.45, 2.75) is 38.6 Å². The third-order valence-electron chi connectivity index (χ3n) is 3.68. The van der Waals surface area contributed by atoms with Crippen LogP contribution in [0.15, 0.2) is 22.9 Å². The lowest BCUT2D eigenvalue weighted by molar-refractivity contribution is 0.358. The fourth-order valence-electron chi connectivity index (χ4n) is 2.62. The summed E-state index contributed by atoms with van der Waals surface area (Å²) in [6, 6.07) is 5.79. The summed E-state index contributed by atoms with van der Waals surface area (Å²) in [6.07, 6.45) is 3.68. The molecule has 6 heteroatoms.